The number of nitrogens with zero attached hydrogens (tertiary/aromatic N) is 4. The number of pyridine rings is 1. The summed E-state index contributed by atoms with van der Waals surface area (Å²) in [5.74, 6) is -3.81. The molecule has 0 radical (unpaired) electrons. The Morgan fingerprint density at radius 1 is 0.963 bits per heavy atom. The molecule has 0 aliphatic heterocycles. The molecule has 0 fully saturated rings. The predicted molar refractivity (Wildman–Crippen MR) is 86.3 cm³/mol. The lowest BCUT2D eigenvalue weighted by atomic mass is 10.3. The molecule has 6 nitrogen and oxygen atoms in total. The Morgan fingerprint density at radius 3 is 1.89 bits per heavy atom. The minimum Gasteiger partial charge on any atom is -0.343 e. The van der Waals surface area contributed by atoms with Crippen molar-refractivity contribution >= 4 is 23.5 Å². The zero-order chi connectivity index (χ0) is 28.1. The van der Waals surface area contributed by atoms with E-state index in [1.807, 2.05) is 0 Å². The van der Waals surface area contributed by atoms with E-state index in [0.717, 1.165) is 22.8 Å². The Bertz CT molecular complexity index is 1020. The molecule has 0 amide bonds. The van der Waals surface area contributed by atoms with Gasteiger partial charge in [0.25, 0.3) is 0 Å². The zero-order valence-electron chi connectivity index (χ0n) is 21.6. The fraction of sp³-hybridized carbons (Fsp3) is 0.429. The van der Waals surface area contributed by atoms with Gasteiger partial charge in [0.05, 0.1) is 4.11 Å². The zero-order valence-corrected chi connectivity index (χ0v) is 13.3. The minimum atomic E-state index is -5.81. The van der Waals surface area contributed by atoms with Crippen LogP contribution < -0.4 is 10.6 Å². The Kier molecular flexibility index (Phi) is 3.27. The molecule has 0 aliphatic carbocycles. The summed E-state index contributed by atoms with van der Waals surface area (Å²) < 4.78 is 146. The van der Waals surface area contributed by atoms with Gasteiger partial charge in [-0.05, 0) is 25.8 Å². The van der Waals surface area contributed by atoms with Gasteiger partial charge in [-0.25, -0.2) is 4.98 Å². The van der Waals surface area contributed by atoms with Crippen LogP contribution in [-0.2, 0) is 0 Å². The quantitative estimate of drug-likeness (QED) is 0.551. The fourth-order valence-electron chi connectivity index (χ4n) is 1.45. The molecule has 0 unspecified atom stereocenters. The van der Waals surface area contributed by atoms with Crippen LogP contribution in [0.2, 0.25) is 5.15 Å². The second-order valence-electron chi connectivity index (χ2n) is 4.58. The monoisotopic (exact) mass is 423 g/mol. The molecule has 0 bridgehead atoms. The highest BCUT2D eigenvalue weighted by Gasteiger charge is 2.38. The van der Waals surface area contributed by atoms with Crippen molar-refractivity contribution < 1.29 is 38.7 Å². The summed E-state index contributed by atoms with van der Waals surface area (Å²) in [6.07, 6.45) is -11.6. The van der Waals surface area contributed by atoms with Gasteiger partial charge >= 0.3 is 12.4 Å². The Hall–Kier alpha value is -2.37. The van der Waals surface area contributed by atoms with Gasteiger partial charge in [-0.2, -0.15) is 41.3 Å². The van der Waals surface area contributed by atoms with Crippen LogP contribution >= 0.6 is 11.6 Å². The van der Waals surface area contributed by atoms with E-state index in [-0.39, 0.29) is 11.2 Å². The molecule has 0 aromatic carbocycles. The number of rotatable bonds is 5. The second-order valence-corrected chi connectivity index (χ2v) is 4.96. The molecule has 2 N–H and O–H groups in total. The van der Waals surface area contributed by atoms with Crippen LogP contribution in [0.5, 0.6) is 0 Å². The average molecular weight is 424 g/mol. The maximum Gasteiger partial charge on any atom is 0.408 e. The third-order valence-corrected chi connectivity index (χ3v) is 2.75. The van der Waals surface area contributed by atoms with Gasteiger partial charge in [0.15, 0.2) is 5.82 Å². The number of alkyl halides is 6. The molecule has 2 rings (SSSR count). The highest BCUT2D eigenvalue weighted by Crippen LogP contribution is 2.26. The van der Waals surface area contributed by atoms with E-state index >= 15 is 0 Å². The van der Waals surface area contributed by atoms with E-state index < -0.39 is 61.5 Å². The highest BCUT2D eigenvalue weighted by molar-refractivity contribution is 6.29. The van der Waals surface area contributed by atoms with E-state index in [1.165, 1.54) is 0 Å². The van der Waals surface area contributed by atoms with Crippen LogP contribution in [0.4, 0.5) is 38.2 Å². The van der Waals surface area contributed by atoms with Crippen LogP contribution in [0.3, 0.4) is 0 Å². The highest BCUT2D eigenvalue weighted by atomic mass is 35.5. The Morgan fingerprint density at radius 2 is 1.48 bits per heavy atom. The average Bonchev–Trinajstić information content (AvgIpc) is 2.63. The normalized spacial score (nSPS) is 22.7. The van der Waals surface area contributed by atoms with Gasteiger partial charge in [-0.15, -0.1) is 0 Å². The first-order chi connectivity index (χ1) is 15.9. The van der Waals surface area contributed by atoms with Gasteiger partial charge in [-0.1, -0.05) is 17.6 Å². The number of hydrogen-bond acceptors (Lipinski definition) is 6. The molecule has 148 valence electrons. The Labute approximate surface area is 167 Å². The number of aromatic nitrogens is 4. The van der Waals surface area contributed by atoms with Gasteiger partial charge in [0.1, 0.15) is 22.9 Å². The number of halogens is 7. The molecule has 2 aromatic heterocycles. The van der Waals surface area contributed by atoms with Gasteiger partial charge in [0.2, 0.25) is 11.9 Å². The summed E-state index contributed by atoms with van der Waals surface area (Å²) in [7, 11) is 0. The standard InChI is InChI=1S/C14H13ClF6N6/c1-6(13(16,17)18)22-11-25-10(8-4-3-5-9(15)24-8)26-12(27-11)23-7(2)14(19,20)21/h3-7H,1-2H3,(H2,22,23,25,26,27)/t6-,7-/m1/s1/i1D3,2D3,3D,6D,7D. The number of anilines is 2. The van der Waals surface area contributed by atoms with Crippen molar-refractivity contribution in [2.24, 2.45) is 0 Å². The van der Waals surface area contributed by atoms with Crippen molar-refractivity contribution in [2.45, 2.75) is 38.1 Å². The molecule has 0 saturated carbocycles. The van der Waals surface area contributed by atoms with Crippen LogP contribution in [0, 0.1) is 0 Å². The molecule has 13 heteroatoms. The van der Waals surface area contributed by atoms with Gasteiger partial charge < -0.3 is 10.6 Å². The van der Waals surface area contributed by atoms with Crippen LogP contribution in [0.25, 0.3) is 11.5 Å². The smallest absolute Gasteiger partial charge is 0.343 e. The third-order valence-electron chi connectivity index (χ3n) is 2.55. The first-order valence-corrected chi connectivity index (χ1v) is 6.89. The first kappa shape index (κ1) is 11.5. The topological polar surface area (TPSA) is 75.6 Å². The minimum absolute atomic E-state index is 0.366. The van der Waals surface area contributed by atoms with Crippen molar-refractivity contribution in [3.63, 3.8) is 0 Å². The predicted octanol–water partition coefficient (Wildman–Crippen LogP) is 4.31. The summed E-state index contributed by atoms with van der Waals surface area (Å²) in [6, 6.07) is -7.51. The summed E-state index contributed by atoms with van der Waals surface area (Å²) >= 11 is 5.69. The lowest BCUT2D eigenvalue weighted by Gasteiger charge is -2.20. The lowest BCUT2D eigenvalue weighted by Crippen LogP contribution is -2.35. The van der Waals surface area contributed by atoms with Crippen molar-refractivity contribution in [3.05, 3.63) is 23.3 Å². The summed E-state index contributed by atoms with van der Waals surface area (Å²) in [5.41, 5.74) is -0.533. The van der Waals surface area contributed by atoms with Crippen molar-refractivity contribution in [1.29, 1.82) is 0 Å². The van der Waals surface area contributed by atoms with Crippen molar-refractivity contribution in [3.8, 4) is 11.5 Å². The molecular weight excluding hydrogens is 402 g/mol. The fourth-order valence-corrected chi connectivity index (χ4v) is 1.61. The Balaban J connectivity index is 2.79. The van der Waals surface area contributed by atoms with Crippen molar-refractivity contribution in [1.82, 2.24) is 19.9 Å². The number of nitrogens with one attached hydrogen (secondary N) is 2. The van der Waals surface area contributed by atoms with E-state index in [1.54, 1.807) is 0 Å². The van der Waals surface area contributed by atoms with Crippen LogP contribution in [0.1, 0.15) is 26.0 Å². The van der Waals surface area contributed by atoms with E-state index in [4.69, 9.17) is 23.9 Å². The number of hydrogen-bond donors (Lipinski definition) is 2. The SMILES string of the molecule is [2H]c1cc(Cl)nc(-c2nc(N[C@]([2H])(C([2H])([2H])[2H])C(F)(F)F)nc(N[C@]([2H])(C([2H])([2H])[2H])C(F)(F)F)n2)c1. The van der Waals surface area contributed by atoms with E-state index in [0.29, 0.717) is 0 Å². The molecule has 2 aromatic rings. The second kappa shape index (κ2) is 7.71. The van der Waals surface area contributed by atoms with E-state index in [2.05, 4.69) is 19.9 Å². The summed E-state index contributed by atoms with van der Waals surface area (Å²) in [6.45, 7) is -8.25. The summed E-state index contributed by atoms with van der Waals surface area (Å²) in [4.78, 5) is 13.6. The van der Waals surface area contributed by atoms with Gasteiger partial charge in [0, 0.05) is 8.22 Å². The maximum atomic E-state index is 13.5. The summed E-state index contributed by atoms with van der Waals surface area (Å²) in [5, 5.41) is 1.94. The van der Waals surface area contributed by atoms with Gasteiger partial charge in [-0.3, -0.25) is 0 Å². The lowest BCUT2D eigenvalue weighted by molar-refractivity contribution is -0.139. The maximum absolute atomic E-state index is 13.5. The molecule has 0 aliphatic rings. The van der Waals surface area contributed by atoms with Crippen LogP contribution in [0.15, 0.2) is 18.2 Å². The van der Waals surface area contributed by atoms with Crippen molar-refractivity contribution in [2.75, 3.05) is 10.6 Å². The largest absolute Gasteiger partial charge is 0.408 e. The first-order valence-electron chi connectivity index (χ1n) is 11.0. The third kappa shape index (κ3) is 5.81. The van der Waals surface area contributed by atoms with Crippen LogP contribution in [-0.4, -0.2) is 44.3 Å². The molecule has 27 heavy (non-hydrogen) atoms. The molecule has 0 saturated heterocycles. The molecule has 2 atom stereocenters. The molecule has 0 spiro atoms. The van der Waals surface area contributed by atoms with E-state index in [9.17, 15) is 26.3 Å². The molecular formula is C14H13ClF6N6. The molecule has 2 heterocycles.